The van der Waals surface area contributed by atoms with Crippen LogP contribution in [0.1, 0.15) is 40.0 Å². The summed E-state index contributed by atoms with van der Waals surface area (Å²) in [5.74, 6) is -0.734. The number of primary amides is 1. The van der Waals surface area contributed by atoms with E-state index in [9.17, 15) is 26.4 Å². The molecule has 0 atom stereocenters. The van der Waals surface area contributed by atoms with E-state index in [4.69, 9.17) is 5.73 Å². The van der Waals surface area contributed by atoms with Gasteiger partial charge in [0.15, 0.2) is 0 Å². The monoisotopic (exact) mass is 542 g/mol. The van der Waals surface area contributed by atoms with E-state index in [1.54, 1.807) is 41.9 Å². The van der Waals surface area contributed by atoms with Crippen molar-refractivity contribution >= 4 is 38.2 Å². The van der Waals surface area contributed by atoms with E-state index in [0.29, 0.717) is 23.0 Å². The van der Waals surface area contributed by atoms with Gasteiger partial charge in [0.05, 0.1) is 21.7 Å². The van der Waals surface area contributed by atoms with Gasteiger partial charge in [-0.05, 0) is 66.8 Å². The first-order valence-corrected chi connectivity index (χ1v) is 13.4. The van der Waals surface area contributed by atoms with Crippen molar-refractivity contribution in [1.82, 2.24) is 9.29 Å². The molecule has 0 saturated heterocycles. The quantitative estimate of drug-likeness (QED) is 0.289. The van der Waals surface area contributed by atoms with Crippen LogP contribution in [0.25, 0.3) is 10.9 Å². The van der Waals surface area contributed by atoms with Gasteiger partial charge in [-0.2, -0.15) is 13.2 Å². The summed E-state index contributed by atoms with van der Waals surface area (Å²) >= 11 is 0. The van der Waals surface area contributed by atoms with Crippen molar-refractivity contribution in [1.29, 1.82) is 0 Å². The first-order chi connectivity index (χ1) is 17.9. The Balaban J connectivity index is 1.54. The Morgan fingerprint density at radius 2 is 1.74 bits per heavy atom. The third kappa shape index (κ3) is 5.11. The minimum absolute atomic E-state index is 0.00226. The zero-order chi connectivity index (χ0) is 27.2. The molecule has 11 heteroatoms. The van der Waals surface area contributed by atoms with Crippen molar-refractivity contribution in [3.63, 3.8) is 0 Å². The van der Waals surface area contributed by atoms with Crippen LogP contribution in [0.4, 0.5) is 24.5 Å². The van der Waals surface area contributed by atoms with Crippen molar-refractivity contribution in [3.8, 4) is 0 Å². The third-order valence-corrected chi connectivity index (χ3v) is 8.07. The Morgan fingerprint density at radius 3 is 2.37 bits per heavy atom. The molecule has 1 aromatic heterocycles. The van der Waals surface area contributed by atoms with E-state index in [0.717, 1.165) is 36.1 Å². The summed E-state index contributed by atoms with van der Waals surface area (Å²) in [6, 6.07) is 16.7. The number of rotatable bonds is 8. The summed E-state index contributed by atoms with van der Waals surface area (Å²) in [4.78, 5) is 12.6. The van der Waals surface area contributed by atoms with Crippen LogP contribution in [0.3, 0.4) is 0 Å². The van der Waals surface area contributed by atoms with Crippen LogP contribution in [0.2, 0.25) is 0 Å². The van der Waals surface area contributed by atoms with Crippen molar-refractivity contribution in [3.05, 3.63) is 89.1 Å². The Bertz CT molecular complexity index is 1640. The Labute approximate surface area is 217 Å². The molecule has 0 spiro atoms. The summed E-state index contributed by atoms with van der Waals surface area (Å²) in [5, 5.41) is 3.63. The number of fused-ring (bicyclic) bond motifs is 1. The lowest BCUT2D eigenvalue weighted by molar-refractivity contribution is -0.137. The first kappa shape index (κ1) is 25.8. The second kappa shape index (κ2) is 9.48. The average molecular weight is 543 g/mol. The van der Waals surface area contributed by atoms with E-state index in [-0.39, 0.29) is 22.3 Å². The molecule has 1 fully saturated rings. The van der Waals surface area contributed by atoms with Gasteiger partial charge in [0.25, 0.3) is 5.91 Å². The molecule has 0 aliphatic heterocycles. The van der Waals surface area contributed by atoms with E-state index < -0.39 is 27.7 Å². The molecule has 0 unspecified atom stereocenters. The largest absolute Gasteiger partial charge is 0.416 e. The Kier molecular flexibility index (Phi) is 6.44. The van der Waals surface area contributed by atoms with Gasteiger partial charge in [0.1, 0.15) is 5.69 Å². The maximum Gasteiger partial charge on any atom is 0.416 e. The lowest BCUT2D eigenvalue weighted by Crippen LogP contribution is -2.25. The molecule has 5 rings (SSSR count). The molecule has 3 aromatic carbocycles. The summed E-state index contributed by atoms with van der Waals surface area (Å²) in [6.45, 7) is 0. The number of nitrogens with zero attached hydrogens (tertiary/aromatic N) is 1. The summed E-state index contributed by atoms with van der Waals surface area (Å²) < 4.78 is 69.1. The highest BCUT2D eigenvalue weighted by atomic mass is 32.2. The van der Waals surface area contributed by atoms with Crippen LogP contribution < -0.4 is 15.8 Å². The lowest BCUT2D eigenvalue weighted by Gasteiger charge is -2.13. The van der Waals surface area contributed by atoms with E-state index in [2.05, 4.69) is 10.0 Å². The number of nitrogens with one attached hydrogen (secondary N) is 2. The van der Waals surface area contributed by atoms with Gasteiger partial charge in [0.2, 0.25) is 10.0 Å². The molecule has 0 radical (unpaired) electrons. The van der Waals surface area contributed by atoms with Crippen LogP contribution >= 0.6 is 0 Å². The number of benzene rings is 3. The van der Waals surface area contributed by atoms with Crippen LogP contribution in [-0.4, -0.2) is 24.9 Å². The molecule has 38 heavy (non-hydrogen) atoms. The van der Waals surface area contributed by atoms with Crippen molar-refractivity contribution in [2.24, 2.45) is 12.8 Å². The third-order valence-electron chi connectivity index (χ3n) is 6.53. The molecule has 198 valence electrons. The zero-order valence-electron chi connectivity index (χ0n) is 20.3. The van der Waals surface area contributed by atoms with Gasteiger partial charge in [-0.1, -0.05) is 30.3 Å². The Hall–Kier alpha value is -3.83. The molecule has 4 aromatic rings. The number of carbonyl (C=O) groups is 1. The highest BCUT2D eigenvalue weighted by molar-refractivity contribution is 7.89. The topological polar surface area (TPSA) is 106 Å². The maximum absolute atomic E-state index is 13.3. The number of sulfonamides is 1. The molecule has 7 nitrogen and oxygen atoms in total. The predicted molar refractivity (Wildman–Crippen MR) is 139 cm³/mol. The molecular weight excluding hydrogens is 517 g/mol. The van der Waals surface area contributed by atoms with Crippen LogP contribution in [0.15, 0.2) is 71.6 Å². The summed E-state index contributed by atoms with van der Waals surface area (Å²) in [7, 11) is -1.92. The number of aromatic nitrogens is 1. The van der Waals surface area contributed by atoms with Gasteiger partial charge in [-0.15, -0.1) is 0 Å². The number of alkyl halides is 3. The fraction of sp³-hybridized carbons (Fsp3) is 0.222. The standard InChI is InChI=1S/C27H25F3N4O3S/c1-34-22-7-2-4-17(14-16-8-12-21(13-9-16)38(36,37)33-19-10-11-19)23(22)24(25(34)26(31)35)32-20-6-3-5-18(15-20)27(28,29)30/h2-9,12-13,15,19,32-33H,10-11,14H2,1H3,(H2,31,35). The molecule has 1 aliphatic carbocycles. The van der Waals surface area contributed by atoms with E-state index in [1.807, 2.05) is 12.1 Å². The molecule has 4 N–H and O–H groups in total. The zero-order valence-corrected chi connectivity index (χ0v) is 21.2. The number of anilines is 2. The van der Waals surface area contributed by atoms with Gasteiger partial charge in [-0.25, -0.2) is 13.1 Å². The van der Waals surface area contributed by atoms with Gasteiger partial charge in [-0.3, -0.25) is 4.79 Å². The fourth-order valence-corrected chi connectivity index (χ4v) is 5.84. The summed E-state index contributed by atoms with van der Waals surface area (Å²) in [5.41, 5.74) is 7.71. The van der Waals surface area contributed by atoms with Crippen molar-refractivity contribution in [2.45, 2.75) is 36.4 Å². The minimum Gasteiger partial charge on any atom is -0.364 e. The molecule has 1 saturated carbocycles. The normalized spacial score (nSPS) is 14.1. The predicted octanol–water partition coefficient (Wildman–Crippen LogP) is 5.07. The van der Waals surface area contributed by atoms with Crippen LogP contribution in [0.5, 0.6) is 0 Å². The fourth-order valence-electron chi connectivity index (χ4n) is 4.53. The highest BCUT2D eigenvalue weighted by Crippen LogP contribution is 2.37. The second-order valence-electron chi connectivity index (χ2n) is 9.38. The summed E-state index contributed by atoms with van der Waals surface area (Å²) in [6.07, 6.45) is -2.47. The van der Waals surface area contributed by atoms with Crippen LogP contribution in [-0.2, 0) is 29.7 Å². The molecule has 0 bridgehead atoms. The van der Waals surface area contributed by atoms with Crippen molar-refractivity contribution < 1.29 is 26.4 Å². The molecule has 1 heterocycles. The number of aryl methyl sites for hydroxylation is 1. The lowest BCUT2D eigenvalue weighted by atomic mass is 10.00. The van der Waals surface area contributed by atoms with Gasteiger partial charge < -0.3 is 15.6 Å². The van der Waals surface area contributed by atoms with E-state index in [1.165, 1.54) is 12.1 Å². The smallest absolute Gasteiger partial charge is 0.364 e. The first-order valence-electron chi connectivity index (χ1n) is 11.9. The Morgan fingerprint density at radius 1 is 1.05 bits per heavy atom. The maximum atomic E-state index is 13.3. The number of hydrogen-bond acceptors (Lipinski definition) is 4. The minimum atomic E-state index is -4.53. The van der Waals surface area contributed by atoms with E-state index >= 15 is 0 Å². The van der Waals surface area contributed by atoms with Gasteiger partial charge in [0, 0.05) is 24.2 Å². The second-order valence-corrected chi connectivity index (χ2v) is 11.1. The number of carbonyl (C=O) groups excluding carboxylic acids is 1. The average Bonchev–Trinajstić information content (AvgIpc) is 3.61. The SMILES string of the molecule is Cn1c(C(N)=O)c(Nc2cccc(C(F)(F)F)c2)c2c(Cc3ccc(S(=O)(=O)NC4CC4)cc3)cccc21. The number of halogens is 3. The van der Waals surface area contributed by atoms with Crippen LogP contribution in [0, 0.1) is 0 Å². The van der Waals surface area contributed by atoms with Crippen molar-refractivity contribution in [2.75, 3.05) is 5.32 Å². The molecule has 1 amide bonds. The molecule has 1 aliphatic rings. The number of amides is 1. The highest BCUT2D eigenvalue weighted by Gasteiger charge is 2.31. The number of hydrogen-bond donors (Lipinski definition) is 3. The number of nitrogens with two attached hydrogens (primary N) is 1. The molecular formula is C27H25F3N4O3S. The van der Waals surface area contributed by atoms with Gasteiger partial charge >= 0.3 is 6.18 Å².